The average Bonchev–Trinajstić information content (AvgIpc) is 1.67. The van der Waals surface area contributed by atoms with Gasteiger partial charge in [-0.1, -0.05) is 323 Å². The Balaban J connectivity index is 0.0000000887. The third kappa shape index (κ3) is 16.1. The van der Waals surface area contributed by atoms with Gasteiger partial charge in [-0.2, -0.15) is 0 Å². The molecule has 0 N–H and O–H groups in total. The van der Waals surface area contributed by atoms with Crippen molar-refractivity contribution in [2.24, 2.45) is 0 Å². The minimum atomic E-state index is 1.16. The minimum absolute atomic E-state index is 1.16. The fraction of sp³-hybridized carbons (Fsp3) is 0.104. The van der Waals surface area contributed by atoms with Crippen molar-refractivity contribution in [3.8, 4) is 0 Å². The summed E-state index contributed by atoms with van der Waals surface area (Å²) in [6, 6.07) is 144. The van der Waals surface area contributed by atoms with Crippen molar-refractivity contribution in [1.29, 1.82) is 0 Å². The molecule has 30 rings (SSSR count). The van der Waals surface area contributed by atoms with E-state index in [4.69, 9.17) is 0 Å². The fourth-order valence-electron chi connectivity index (χ4n) is 21.5. The minimum Gasteiger partial charge on any atom is -0.135 e. The Morgan fingerprint density at radius 1 is 0.143 bits per heavy atom. The Morgan fingerprint density at radius 3 is 0.600 bits per heavy atom. The van der Waals surface area contributed by atoms with Gasteiger partial charge in [-0.3, -0.25) is 0 Å². The van der Waals surface area contributed by atoms with Crippen LogP contribution in [0.3, 0.4) is 0 Å². The van der Waals surface area contributed by atoms with Crippen LogP contribution in [-0.4, -0.2) is 0 Å². The van der Waals surface area contributed by atoms with E-state index in [1.807, 2.05) is 68.0 Å². The van der Waals surface area contributed by atoms with Crippen molar-refractivity contribution < 1.29 is 0 Å². The molecule has 0 amide bonds. The van der Waals surface area contributed by atoms with E-state index >= 15 is 0 Å². The van der Waals surface area contributed by atoms with Gasteiger partial charge in [-0.05, 0) is 300 Å². The van der Waals surface area contributed by atoms with Crippen LogP contribution < -0.4 is 0 Å². The van der Waals surface area contributed by atoms with Gasteiger partial charge >= 0.3 is 0 Å². The maximum Gasteiger partial charge on any atom is 0.0434 e. The Hall–Kier alpha value is -14.3. The molecule has 140 heavy (non-hydrogen) atoms. The molecular formula is C134H100S6. The summed E-state index contributed by atoms with van der Waals surface area (Å²) in [6.07, 6.45) is 7.46. The van der Waals surface area contributed by atoms with Crippen molar-refractivity contribution in [3.63, 3.8) is 0 Å². The van der Waals surface area contributed by atoms with Crippen LogP contribution in [0.15, 0.2) is 388 Å². The molecular weight excluding hydrogens is 1800 g/mol. The van der Waals surface area contributed by atoms with Gasteiger partial charge in [0.05, 0.1) is 0 Å². The summed E-state index contributed by atoms with van der Waals surface area (Å²) in [5.41, 5.74) is 10.9. The average molecular weight is 1900 g/mol. The lowest BCUT2D eigenvalue weighted by atomic mass is 10.00. The van der Waals surface area contributed by atoms with E-state index in [0.29, 0.717) is 0 Å². The van der Waals surface area contributed by atoms with E-state index in [1.165, 1.54) is 327 Å². The monoisotopic (exact) mass is 1900 g/mol. The molecule has 0 spiro atoms. The molecule has 6 aromatic heterocycles. The first-order valence-electron chi connectivity index (χ1n) is 49.2. The van der Waals surface area contributed by atoms with Gasteiger partial charge in [0, 0.05) is 153 Å². The molecule has 0 bridgehead atoms. The van der Waals surface area contributed by atoms with Crippen LogP contribution in [0.5, 0.6) is 0 Å². The van der Waals surface area contributed by atoms with E-state index in [-0.39, 0.29) is 0 Å². The summed E-state index contributed by atoms with van der Waals surface area (Å²) in [6.45, 7) is 17.5. The number of fused-ring (bicyclic) bond motifs is 36. The van der Waals surface area contributed by atoms with E-state index in [9.17, 15) is 0 Å². The lowest BCUT2D eigenvalue weighted by molar-refractivity contribution is 0.718. The van der Waals surface area contributed by atoms with E-state index < -0.39 is 0 Å². The van der Waals surface area contributed by atoms with E-state index in [1.54, 1.807) is 0 Å². The number of benzene rings is 24. The van der Waals surface area contributed by atoms with Crippen LogP contribution in [-0.2, 0) is 12.8 Å². The molecule has 6 heterocycles. The van der Waals surface area contributed by atoms with Crippen molar-refractivity contribution in [3.05, 3.63) is 433 Å². The summed E-state index contributed by atoms with van der Waals surface area (Å²) in [4.78, 5) is 0. The number of rotatable bonds is 6. The number of hydrogen-bond acceptors (Lipinski definition) is 6. The van der Waals surface area contributed by atoms with Crippen LogP contribution in [0.2, 0.25) is 0 Å². The van der Waals surface area contributed by atoms with Crippen LogP contribution in [0.25, 0.3) is 250 Å². The molecule has 0 saturated carbocycles. The van der Waals surface area contributed by atoms with Crippen LogP contribution in [0.4, 0.5) is 0 Å². The van der Waals surface area contributed by atoms with Gasteiger partial charge in [-0.15, -0.1) is 68.0 Å². The molecule has 0 atom stereocenters. The first-order valence-corrected chi connectivity index (χ1v) is 54.1. The summed E-state index contributed by atoms with van der Waals surface area (Å²) >= 11 is 11.6. The second kappa shape index (κ2) is 36.2. The highest BCUT2D eigenvalue weighted by Gasteiger charge is 2.19. The third-order valence-electron chi connectivity index (χ3n) is 28.8. The highest BCUT2D eigenvalue weighted by atomic mass is 32.1. The van der Waals surface area contributed by atoms with Crippen molar-refractivity contribution in [2.75, 3.05) is 0 Å². The largest absolute Gasteiger partial charge is 0.135 e. The SMILES string of the molecule is CCCCCc1ccc2c(c1)sc1c3cc4ccccc4cc3ccc21.CCCc1ccc2c(c1)sc1c3cc4ccccc4cc3ccc21.Cc1ccc2c(c1)sc1c3cc4ccccc4cc3ccc21.Cc1ccc2c(c1)sc1c3cc4ccccc4cc3ccc21.Cc1ccc2cc3c(ccc4c5ccc(C)cc5sc34)cc2c1.Cc1ccc2cc3c(ccc4c5ccc(C)cc5sc34)cc2c1. The zero-order valence-electron chi connectivity index (χ0n) is 79.6. The first kappa shape index (κ1) is 87.2. The van der Waals surface area contributed by atoms with Crippen molar-refractivity contribution >= 4 is 318 Å². The Morgan fingerprint density at radius 2 is 0.343 bits per heavy atom. The van der Waals surface area contributed by atoms with Crippen molar-refractivity contribution in [1.82, 2.24) is 0 Å². The molecule has 30 aromatic rings. The molecule has 0 nitrogen and oxygen atoms in total. The molecule has 0 saturated heterocycles. The lowest BCUT2D eigenvalue weighted by Gasteiger charge is -2.05. The number of thiophene rings is 6. The zero-order valence-corrected chi connectivity index (χ0v) is 84.5. The molecule has 0 unspecified atom stereocenters. The Bertz CT molecular complexity index is 9900. The Labute approximate surface area is 837 Å². The molecule has 0 fully saturated rings. The summed E-state index contributed by atoms with van der Waals surface area (Å²) < 4.78 is 16.9. The summed E-state index contributed by atoms with van der Waals surface area (Å²) in [5.74, 6) is 0. The van der Waals surface area contributed by atoms with Crippen LogP contribution in [0, 0.1) is 41.5 Å². The summed E-state index contributed by atoms with van der Waals surface area (Å²) in [5, 5.41) is 48.7. The van der Waals surface area contributed by atoms with Gasteiger partial charge in [0.2, 0.25) is 0 Å². The van der Waals surface area contributed by atoms with Crippen molar-refractivity contribution in [2.45, 2.75) is 93.9 Å². The molecule has 6 heteroatoms. The van der Waals surface area contributed by atoms with E-state index in [0.717, 1.165) is 6.42 Å². The zero-order chi connectivity index (χ0) is 94.1. The second-order valence-electron chi connectivity index (χ2n) is 38.7. The van der Waals surface area contributed by atoms with Crippen LogP contribution >= 0.6 is 68.0 Å². The number of unbranched alkanes of at least 4 members (excludes halogenated alkanes) is 2. The summed E-state index contributed by atoms with van der Waals surface area (Å²) in [7, 11) is 0. The maximum atomic E-state index is 2.42. The normalized spacial score (nSPS) is 11.9. The number of aryl methyl sites for hydroxylation is 8. The smallest absolute Gasteiger partial charge is 0.0434 e. The Kier molecular flexibility index (Phi) is 22.5. The molecule has 24 aromatic carbocycles. The quantitative estimate of drug-likeness (QED) is 0.115. The van der Waals surface area contributed by atoms with E-state index in [2.05, 4.69) is 444 Å². The highest BCUT2D eigenvalue weighted by Crippen LogP contribution is 2.48. The molecule has 672 valence electrons. The van der Waals surface area contributed by atoms with Crippen LogP contribution in [0.1, 0.15) is 84.0 Å². The topological polar surface area (TPSA) is 0 Å². The maximum absolute atomic E-state index is 2.42. The molecule has 0 aliphatic carbocycles. The standard InChI is InChI=1S/C25H22S.C23H18S.2C22H16S.2C21H14S/c1-2-3-4-7-17-10-12-21-22-13-11-20-15-18-8-5-6-9-19(18)16-23(20)25(22)26-24(21)14-17;1-2-5-15-8-10-19-20-11-9-18-13-16-6-3-4-7-17(16)14-21(18)23(20)24-22(19)12-15;2*1-13-3-5-15-12-20-16(11-17(15)9-13)6-8-19-18-7-4-14(2)10-21(18)23-22(19)20;2*1-13-6-8-17-18-9-7-16-11-14-4-2-3-5-15(14)12-19(16)21(18)22-20(17)10-13/h5-6,8-16H,2-4,7H2,1H3;3-4,6-14H,2,5H2,1H3;2*3-12H,1-2H3;2*2-12H,1H3. The third-order valence-corrected chi connectivity index (χ3v) is 36.0. The van der Waals surface area contributed by atoms with Gasteiger partial charge in [0.15, 0.2) is 0 Å². The predicted octanol–water partition coefficient (Wildman–Crippen LogP) is 42.7. The second-order valence-corrected chi connectivity index (χ2v) is 45.0. The van der Waals surface area contributed by atoms with Gasteiger partial charge in [0.1, 0.15) is 0 Å². The van der Waals surface area contributed by atoms with Gasteiger partial charge in [-0.25, -0.2) is 0 Å². The lowest BCUT2D eigenvalue weighted by Crippen LogP contribution is -1.84. The molecule has 0 aliphatic rings. The fourth-order valence-corrected chi connectivity index (χ4v) is 29.4. The van der Waals surface area contributed by atoms with Gasteiger partial charge in [0.25, 0.3) is 0 Å². The first-order chi connectivity index (χ1) is 68.6. The van der Waals surface area contributed by atoms with Gasteiger partial charge < -0.3 is 0 Å². The molecule has 0 radical (unpaired) electrons. The molecule has 0 aliphatic heterocycles. The highest BCUT2D eigenvalue weighted by molar-refractivity contribution is 7.29. The number of hydrogen-bond donors (Lipinski definition) is 0. The predicted molar refractivity (Wildman–Crippen MR) is 632 cm³/mol.